The van der Waals surface area contributed by atoms with E-state index < -0.39 is 25.6 Å². The van der Waals surface area contributed by atoms with Gasteiger partial charge in [0.2, 0.25) is 26.3 Å². The molecule has 1 aromatic carbocycles. The van der Waals surface area contributed by atoms with Gasteiger partial charge in [0.1, 0.15) is 16.4 Å². The van der Waals surface area contributed by atoms with Crippen LogP contribution in [0.1, 0.15) is 16.8 Å². The average Bonchev–Trinajstić information content (AvgIpc) is 2.89. The second-order valence-electron chi connectivity index (χ2n) is 5.07. The number of halogens is 1. The number of aldehydes is 1. The number of hydrogen-bond donors (Lipinski definition) is 0. The van der Waals surface area contributed by atoms with E-state index in [9.17, 15) is 22.8 Å². The van der Waals surface area contributed by atoms with Gasteiger partial charge in [0, 0.05) is 23.6 Å². The summed E-state index contributed by atoms with van der Waals surface area (Å²) in [5.74, 6) is -0.836. The number of benzene rings is 1. The lowest BCUT2D eigenvalue weighted by molar-refractivity contribution is -0.117. The van der Waals surface area contributed by atoms with E-state index in [1.54, 1.807) is 12.1 Å². The predicted octanol–water partition coefficient (Wildman–Crippen LogP) is 1.28. The fourth-order valence-corrected chi connectivity index (χ4v) is 3.54. The van der Waals surface area contributed by atoms with Crippen LogP contribution in [0.25, 0.3) is 11.0 Å². The van der Waals surface area contributed by atoms with Crippen LogP contribution in [0.4, 0.5) is 5.88 Å². The molecule has 0 aliphatic carbocycles. The maximum absolute atomic E-state index is 12.3. The van der Waals surface area contributed by atoms with Crippen LogP contribution in [-0.4, -0.2) is 32.4 Å². The van der Waals surface area contributed by atoms with Crippen molar-refractivity contribution in [1.29, 1.82) is 0 Å². The monoisotopic (exact) mass is 355 g/mol. The third-order valence-electron chi connectivity index (χ3n) is 3.66. The van der Waals surface area contributed by atoms with Crippen LogP contribution >= 0.6 is 10.7 Å². The van der Waals surface area contributed by atoms with Crippen LogP contribution in [0, 0.1) is 0 Å². The lowest BCUT2D eigenvalue weighted by atomic mass is 10.1. The van der Waals surface area contributed by atoms with E-state index in [-0.39, 0.29) is 35.4 Å². The number of carbonyl (C=O) groups excluding carboxylic acids is 2. The summed E-state index contributed by atoms with van der Waals surface area (Å²) < 4.78 is 28.3. The lowest BCUT2D eigenvalue weighted by Crippen LogP contribution is -2.29. The van der Waals surface area contributed by atoms with Gasteiger partial charge < -0.3 is 4.42 Å². The van der Waals surface area contributed by atoms with Gasteiger partial charge >= 0.3 is 0 Å². The Kier molecular flexibility index (Phi) is 3.73. The van der Waals surface area contributed by atoms with E-state index in [1.807, 2.05) is 0 Å². The highest BCUT2D eigenvalue weighted by molar-refractivity contribution is 8.14. The first kappa shape index (κ1) is 15.7. The summed E-state index contributed by atoms with van der Waals surface area (Å²) in [5.41, 5.74) is -0.713. The molecule has 2 aromatic rings. The largest absolute Gasteiger partial charge is 0.439 e. The Morgan fingerprint density at radius 1 is 1.26 bits per heavy atom. The smallest absolute Gasteiger partial charge is 0.237 e. The molecule has 0 bridgehead atoms. The van der Waals surface area contributed by atoms with Crippen LogP contribution in [-0.2, 0) is 13.8 Å². The SMILES string of the molecule is O=Cc1c(N2CC(S(=O)(=O)Cl)CC2=O)oc2ccccc2c1=O. The number of amides is 1. The van der Waals surface area contributed by atoms with Gasteiger partial charge in [-0.1, -0.05) is 12.1 Å². The van der Waals surface area contributed by atoms with Gasteiger partial charge in [-0.05, 0) is 12.1 Å². The first-order valence-electron chi connectivity index (χ1n) is 6.58. The molecule has 0 radical (unpaired) electrons. The molecule has 3 rings (SSSR count). The molecule has 9 heteroatoms. The van der Waals surface area contributed by atoms with Gasteiger partial charge in [-0.15, -0.1) is 0 Å². The molecule has 1 aromatic heterocycles. The minimum atomic E-state index is -3.95. The Labute approximate surface area is 134 Å². The zero-order chi connectivity index (χ0) is 16.8. The van der Waals surface area contributed by atoms with Crippen molar-refractivity contribution in [1.82, 2.24) is 0 Å². The quantitative estimate of drug-likeness (QED) is 0.607. The summed E-state index contributed by atoms with van der Waals surface area (Å²) >= 11 is 0. The van der Waals surface area contributed by atoms with Crippen LogP contribution in [0.3, 0.4) is 0 Å². The molecule has 1 fully saturated rings. The fourth-order valence-electron chi connectivity index (χ4n) is 2.51. The van der Waals surface area contributed by atoms with Gasteiger partial charge in [0.25, 0.3) is 0 Å². The number of hydrogen-bond acceptors (Lipinski definition) is 6. The van der Waals surface area contributed by atoms with Crippen molar-refractivity contribution >= 4 is 48.8 Å². The van der Waals surface area contributed by atoms with Gasteiger partial charge in [-0.25, -0.2) is 8.42 Å². The van der Waals surface area contributed by atoms with Crippen molar-refractivity contribution in [3.05, 3.63) is 40.1 Å². The highest BCUT2D eigenvalue weighted by Crippen LogP contribution is 2.29. The molecule has 1 unspecified atom stereocenters. The first-order chi connectivity index (χ1) is 10.8. The second kappa shape index (κ2) is 5.47. The second-order valence-corrected chi connectivity index (χ2v) is 7.98. The van der Waals surface area contributed by atoms with Gasteiger partial charge in [-0.3, -0.25) is 19.3 Å². The molecule has 2 heterocycles. The highest BCUT2D eigenvalue weighted by atomic mass is 35.7. The van der Waals surface area contributed by atoms with Gasteiger partial charge in [-0.2, -0.15) is 0 Å². The Bertz CT molecular complexity index is 980. The summed E-state index contributed by atoms with van der Waals surface area (Å²) in [6, 6.07) is 6.26. The molecule has 0 spiro atoms. The number of carbonyl (C=O) groups is 2. The van der Waals surface area contributed by atoms with Crippen molar-refractivity contribution in [2.24, 2.45) is 0 Å². The third-order valence-corrected chi connectivity index (χ3v) is 5.53. The first-order valence-corrected chi connectivity index (χ1v) is 8.95. The zero-order valence-electron chi connectivity index (χ0n) is 11.6. The van der Waals surface area contributed by atoms with E-state index >= 15 is 0 Å². The zero-order valence-corrected chi connectivity index (χ0v) is 13.1. The standard InChI is InChI=1S/C14H10ClNO6S/c15-23(20,21)8-5-12(18)16(6-8)14-10(7-17)13(19)9-3-1-2-4-11(9)22-14/h1-4,7-8H,5-6H2. The minimum absolute atomic E-state index is 0.197. The van der Waals surface area contributed by atoms with E-state index in [2.05, 4.69) is 0 Å². The summed E-state index contributed by atoms with van der Waals surface area (Å²) in [4.78, 5) is 36.7. The fraction of sp³-hybridized carbons (Fsp3) is 0.214. The van der Waals surface area contributed by atoms with E-state index in [0.29, 0.717) is 6.29 Å². The number of nitrogens with zero attached hydrogens (tertiary/aromatic N) is 1. The topological polar surface area (TPSA) is 102 Å². The Balaban J connectivity index is 2.19. The van der Waals surface area contributed by atoms with Gasteiger partial charge in [0.15, 0.2) is 6.29 Å². The maximum atomic E-state index is 12.3. The lowest BCUT2D eigenvalue weighted by Gasteiger charge is -2.16. The molecular weight excluding hydrogens is 346 g/mol. The molecule has 23 heavy (non-hydrogen) atoms. The van der Waals surface area contributed by atoms with E-state index in [4.69, 9.17) is 15.1 Å². The molecule has 7 nitrogen and oxygen atoms in total. The molecule has 0 N–H and O–H groups in total. The van der Waals surface area contributed by atoms with Gasteiger partial charge in [0.05, 0.1) is 5.39 Å². The normalized spacial score (nSPS) is 18.6. The van der Waals surface area contributed by atoms with Crippen molar-refractivity contribution < 1.29 is 22.4 Å². The number of para-hydroxylation sites is 1. The number of fused-ring (bicyclic) bond motifs is 1. The van der Waals surface area contributed by atoms with Crippen LogP contribution in [0.15, 0.2) is 33.5 Å². The molecule has 1 aliphatic rings. The summed E-state index contributed by atoms with van der Waals surface area (Å²) in [5, 5.41) is -0.917. The summed E-state index contributed by atoms with van der Waals surface area (Å²) in [6.07, 6.45) is -0.0376. The average molecular weight is 356 g/mol. The van der Waals surface area contributed by atoms with Crippen molar-refractivity contribution in [2.45, 2.75) is 11.7 Å². The Morgan fingerprint density at radius 3 is 2.57 bits per heavy atom. The number of rotatable bonds is 3. The van der Waals surface area contributed by atoms with Crippen LogP contribution < -0.4 is 10.3 Å². The molecule has 1 amide bonds. The minimum Gasteiger partial charge on any atom is -0.439 e. The third kappa shape index (κ3) is 2.64. The van der Waals surface area contributed by atoms with Crippen LogP contribution in [0.2, 0.25) is 0 Å². The Hall–Kier alpha value is -2.19. The van der Waals surface area contributed by atoms with E-state index in [1.165, 1.54) is 12.1 Å². The molecule has 120 valence electrons. The maximum Gasteiger partial charge on any atom is 0.237 e. The summed E-state index contributed by atoms with van der Waals surface area (Å²) in [6.45, 7) is -0.271. The van der Waals surface area contributed by atoms with E-state index in [0.717, 1.165) is 4.90 Å². The molecule has 1 aliphatic heterocycles. The summed E-state index contributed by atoms with van der Waals surface area (Å²) in [7, 11) is 1.34. The van der Waals surface area contributed by atoms with Crippen LogP contribution in [0.5, 0.6) is 0 Å². The Morgan fingerprint density at radius 2 is 1.96 bits per heavy atom. The number of anilines is 1. The molecule has 1 saturated heterocycles. The predicted molar refractivity (Wildman–Crippen MR) is 83.4 cm³/mol. The van der Waals surface area contributed by atoms with Crippen molar-refractivity contribution in [3.63, 3.8) is 0 Å². The van der Waals surface area contributed by atoms with Crippen molar-refractivity contribution in [3.8, 4) is 0 Å². The molecular formula is C14H10ClNO6S. The molecule has 1 atom stereocenters. The highest BCUT2D eigenvalue weighted by Gasteiger charge is 2.40. The van der Waals surface area contributed by atoms with Crippen molar-refractivity contribution in [2.75, 3.05) is 11.4 Å². The molecule has 0 saturated carbocycles.